The van der Waals surface area contributed by atoms with Gasteiger partial charge in [-0.05, 0) is 13.8 Å². The summed E-state index contributed by atoms with van der Waals surface area (Å²) in [5.41, 5.74) is 5.46. The molecule has 0 amide bonds. The van der Waals surface area contributed by atoms with Crippen LogP contribution in [0.4, 0.5) is 0 Å². The standard InChI is InChI=1S/C6H14N2O.2CH4/c1-4(7)3-9-6-5(2)8-6;;/h4-6,8H,3,7H2,1-2H3;2*1H4. The summed E-state index contributed by atoms with van der Waals surface area (Å²) in [5.74, 6) is 0. The molecule has 1 heterocycles. The summed E-state index contributed by atoms with van der Waals surface area (Å²) in [6.07, 6.45) is 0.274. The molecule has 0 aliphatic carbocycles. The Bertz CT molecular complexity index is 96.1. The molecule has 70 valence electrons. The lowest BCUT2D eigenvalue weighted by molar-refractivity contribution is 0.103. The SMILES string of the molecule is C.C.CC(N)COC1NC1C. The van der Waals surface area contributed by atoms with E-state index in [9.17, 15) is 0 Å². The average molecular weight is 162 g/mol. The normalized spacial score (nSPS) is 29.7. The largest absolute Gasteiger partial charge is 0.360 e. The highest BCUT2D eigenvalue weighted by atomic mass is 16.5. The summed E-state index contributed by atoms with van der Waals surface area (Å²) in [6, 6.07) is 0.684. The first-order valence-corrected chi connectivity index (χ1v) is 3.33. The molecule has 0 bridgehead atoms. The molecule has 0 aromatic carbocycles. The first-order valence-electron chi connectivity index (χ1n) is 3.33. The van der Waals surface area contributed by atoms with E-state index in [2.05, 4.69) is 12.2 Å². The van der Waals surface area contributed by atoms with Crippen LogP contribution in [0, 0.1) is 0 Å². The van der Waals surface area contributed by atoms with Crippen LogP contribution >= 0.6 is 0 Å². The fraction of sp³-hybridized carbons (Fsp3) is 1.00. The predicted octanol–water partition coefficient (Wildman–Crippen LogP) is 0.940. The summed E-state index contributed by atoms with van der Waals surface area (Å²) in [6.45, 7) is 4.68. The van der Waals surface area contributed by atoms with E-state index in [1.54, 1.807) is 0 Å². The molecule has 0 radical (unpaired) electrons. The summed E-state index contributed by atoms with van der Waals surface area (Å²) in [4.78, 5) is 0. The van der Waals surface area contributed by atoms with Gasteiger partial charge in [0.05, 0.1) is 6.61 Å². The first kappa shape index (κ1) is 13.5. The van der Waals surface area contributed by atoms with Gasteiger partial charge in [0.15, 0.2) is 0 Å². The van der Waals surface area contributed by atoms with Crippen LogP contribution in [-0.2, 0) is 4.74 Å². The number of hydrogen-bond donors (Lipinski definition) is 2. The maximum absolute atomic E-state index is 5.46. The lowest BCUT2D eigenvalue weighted by atomic mass is 10.4. The Kier molecular flexibility index (Phi) is 6.76. The second-order valence-corrected chi connectivity index (χ2v) is 2.69. The van der Waals surface area contributed by atoms with Gasteiger partial charge in [0.1, 0.15) is 6.23 Å². The van der Waals surface area contributed by atoms with Crippen molar-refractivity contribution in [3.05, 3.63) is 0 Å². The number of nitrogens with two attached hydrogens (primary N) is 1. The van der Waals surface area contributed by atoms with Crippen LogP contribution in [0.3, 0.4) is 0 Å². The fourth-order valence-electron chi connectivity index (χ4n) is 0.651. The van der Waals surface area contributed by atoms with E-state index in [-0.39, 0.29) is 27.1 Å². The van der Waals surface area contributed by atoms with Gasteiger partial charge in [-0.15, -0.1) is 0 Å². The highest BCUT2D eigenvalue weighted by molar-refractivity contribution is 4.86. The number of hydrogen-bond acceptors (Lipinski definition) is 3. The van der Waals surface area contributed by atoms with Crippen LogP contribution in [0.2, 0.25) is 0 Å². The Morgan fingerprint density at radius 3 is 2.27 bits per heavy atom. The molecule has 0 aromatic heterocycles. The molecule has 0 aromatic rings. The van der Waals surface area contributed by atoms with Crippen LogP contribution < -0.4 is 11.1 Å². The van der Waals surface area contributed by atoms with E-state index in [1.807, 2.05) is 6.92 Å². The van der Waals surface area contributed by atoms with Crippen molar-refractivity contribution in [3.63, 3.8) is 0 Å². The van der Waals surface area contributed by atoms with Crippen molar-refractivity contribution in [2.24, 2.45) is 5.73 Å². The minimum Gasteiger partial charge on any atom is -0.360 e. The summed E-state index contributed by atoms with van der Waals surface area (Å²) < 4.78 is 5.29. The molecule has 1 aliphatic rings. The van der Waals surface area contributed by atoms with E-state index in [0.29, 0.717) is 12.6 Å². The van der Waals surface area contributed by atoms with Crippen molar-refractivity contribution >= 4 is 0 Å². The lowest BCUT2D eigenvalue weighted by Gasteiger charge is -2.03. The molecule has 1 fully saturated rings. The summed E-state index contributed by atoms with van der Waals surface area (Å²) in [7, 11) is 0. The number of ether oxygens (including phenoxy) is 1. The third-order valence-corrected chi connectivity index (χ3v) is 1.31. The van der Waals surface area contributed by atoms with Gasteiger partial charge in [0.2, 0.25) is 0 Å². The highest BCUT2D eigenvalue weighted by Gasteiger charge is 2.32. The first-order chi connectivity index (χ1) is 4.20. The smallest absolute Gasteiger partial charge is 0.123 e. The van der Waals surface area contributed by atoms with Gasteiger partial charge in [0.25, 0.3) is 0 Å². The molecule has 3 nitrogen and oxygen atoms in total. The zero-order valence-electron chi connectivity index (χ0n) is 5.92. The van der Waals surface area contributed by atoms with Crippen molar-refractivity contribution in [1.82, 2.24) is 5.32 Å². The summed E-state index contributed by atoms with van der Waals surface area (Å²) in [5, 5.41) is 3.11. The van der Waals surface area contributed by atoms with Gasteiger partial charge in [-0.1, -0.05) is 14.9 Å². The van der Waals surface area contributed by atoms with E-state index in [4.69, 9.17) is 10.5 Å². The van der Waals surface area contributed by atoms with E-state index < -0.39 is 0 Å². The van der Waals surface area contributed by atoms with Crippen LogP contribution in [0.15, 0.2) is 0 Å². The molecular weight excluding hydrogens is 140 g/mol. The zero-order chi connectivity index (χ0) is 6.85. The van der Waals surface area contributed by atoms with Gasteiger partial charge < -0.3 is 10.5 Å². The van der Waals surface area contributed by atoms with Crippen molar-refractivity contribution in [1.29, 1.82) is 0 Å². The highest BCUT2D eigenvalue weighted by Crippen LogP contribution is 2.10. The predicted molar refractivity (Wildman–Crippen MR) is 49.4 cm³/mol. The quantitative estimate of drug-likeness (QED) is 0.607. The Balaban J connectivity index is 0. The van der Waals surface area contributed by atoms with E-state index >= 15 is 0 Å². The topological polar surface area (TPSA) is 57.2 Å². The fourth-order valence-corrected chi connectivity index (χ4v) is 0.651. The van der Waals surface area contributed by atoms with E-state index in [1.165, 1.54) is 0 Å². The molecular formula is C8H22N2O. The number of rotatable bonds is 3. The van der Waals surface area contributed by atoms with Crippen molar-refractivity contribution in [2.45, 2.75) is 47.0 Å². The maximum atomic E-state index is 5.46. The van der Waals surface area contributed by atoms with Crippen LogP contribution in [0.1, 0.15) is 28.7 Å². The van der Waals surface area contributed by atoms with Crippen molar-refractivity contribution in [2.75, 3.05) is 6.61 Å². The van der Waals surface area contributed by atoms with Crippen LogP contribution in [-0.4, -0.2) is 24.9 Å². The minimum atomic E-state index is 0. The second-order valence-electron chi connectivity index (χ2n) is 2.69. The van der Waals surface area contributed by atoms with Crippen LogP contribution in [0.5, 0.6) is 0 Å². The second kappa shape index (κ2) is 5.52. The molecule has 3 heteroatoms. The monoisotopic (exact) mass is 162 g/mol. The molecule has 1 aliphatic heterocycles. The van der Waals surface area contributed by atoms with Gasteiger partial charge in [-0.25, -0.2) is 0 Å². The summed E-state index contributed by atoms with van der Waals surface area (Å²) >= 11 is 0. The van der Waals surface area contributed by atoms with E-state index in [0.717, 1.165) is 0 Å². The third-order valence-electron chi connectivity index (χ3n) is 1.31. The zero-order valence-corrected chi connectivity index (χ0v) is 5.92. The van der Waals surface area contributed by atoms with Gasteiger partial charge in [0, 0.05) is 12.1 Å². The molecule has 3 atom stereocenters. The van der Waals surface area contributed by atoms with Crippen molar-refractivity contribution in [3.8, 4) is 0 Å². The molecule has 3 unspecified atom stereocenters. The number of nitrogens with one attached hydrogen (secondary N) is 1. The van der Waals surface area contributed by atoms with Crippen molar-refractivity contribution < 1.29 is 4.74 Å². The van der Waals surface area contributed by atoms with Gasteiger partial charge in [-0.3, -0.25) is 5.32 Å². The van der Waals surface area contributed by atoms with Gasteiger partial charge >= 0.3 is 0 Å². The molecule has 0 saturated carbocycles. The maximum Gasteiger partial charge on any atom is 0.123 e. The lowest BCUT2D eigenvalue weighted by Crippen LogP contribution is -2.23. The molecule has 11 heavy (non-hydrogen) atoms. The Hall–Kier alpha value is -0.120. The molecule has 0 spiro atoms. The molecule has 1 rings (SSSR count). The molecule has 1 saturated heterocycles. The molecule has 3 N–H and O–H groups in total. The Labute approximate surface area is 70.3 Å². The third kappa shape index (κ3) is 5.18. The Morgan fingerprint density at radius 1 is 1.55 bits per heavy atom. The minimum absolute atomic E-state index is 0. The van der Waals surface area contributed by atoms with Gasteiger partial charge in [-0.2, -0.15) is 0 Å². The Morgan fingerprint density at radius 2 is 2.00 bits per heavy atom. The van der Waals surface area contributed by atoms with Crippen LogP contribution in [0.25, 0.3) is 0 Å². The average Bonchev–Trinajstić information content (AvgIpc) is 2.42.